The summed E-state index contributed by atoms with van der Waals surface area (Å²) in [5.41, 5.74) is -7.50. The van der Waals surface area contributed by atoms with Crippen LogP contribution in [-0.4, -0.2) is 30.1 Å². The molecular weight excluding hydrogens is 311 g/mol. The maximum atomic E-state index is 13.3. The van der Waals surface area contributed by atoms with Crippen LogP contribution >= 0.6 is 0 Å². The molecule has 2 N–H and O–H groups in total. The second-order valence-corrected chi connectivity index (χ2v) is 6.17. The van der Waals surface area contributed by atoms with E-state index < -0.39 is 55.6 Å². The van der Waals surface area contributed by atoms with Crippen LogP contribution in [0.2, 0.25) is 0 Å². The number of sulfone groups is 1. The maximum Gasteiger partial charge on any atom is 0.501 e. The Hall–Kier alpha value is -1.42. The van der Waals surface area contributed by atoms with Gasteiger partial charge in [0.2, 0.25) is 0 Å². The predicted octanol–water partition coefficient (Wildman–Crippen LogP) is 1.91. The highest BCUT2D eigenvalue weighted by Crippen LogP contribution is 2.50. The SMILES string of the molecule is O=S(=O)(c1ccc(O)c2c1[C@H](O)C(F)(F)C2)C(F)(F)F. The number of aromatic hydroxyl groups is 1. The number of aliphatic hydroxyl groups excluding tert-OH is 1. The van der Waals surface area contributed by atoms with Crippen LogP contribution in [0.15, 0.2) is 17.0 Å². The van der Waals surface area contributed by atoms with E-state index in [-0.39, 0.29) is 0 Å². The molecule has 1 aliphatic rings. The molecule has 10 heteroatoms. The van der Waals surface area contributed by atoms with Crippen LogP contribution in [0.25, 0.3) is 0 Å². The number of hydrogen-bond acceptors (Lipinski definition) is 4. The summed E-state index contributed by atoms with van der Waals surface area (Å²) in [5, 5.41) is 18.7. The van der Waals surface area contributed by atoms with Crippen LogP contribution in [0.4, 0.5) is 22.0 Å². The van der Waals surface area contributed by atoms with Gasteiger partial charge in [-0.25, -0.2) is 17.2 Å². The van der Waals surface area contributed by atoms with Crippen LogP contribution in [0.3, 0.4) is 0 Å². The van der Waals surface area contributed by atoms with Crippen molar-refractivity contribution in [3.8, 4) is 5.75 Å². The molecule has 0 aromatic heterocycles. The van der Waals surface area contributed by atoms with E-state index in [0.717, 1.165) is 0 Å². The fraction of sp³-hybridized carbons (Fsp3) is 0.400. The zero-order valence-corrected chi connectivity index (χ0v) is 10.3. The molecule has 0 spiro atoms. The second-order valence-electron chi connectivity index (χ2n) is 4.26. The van der Waals surface area contributed by atoms with E-state index >= 15 is 0 Å². The van der Waals surface area contributed by atoms with E-state index in [1.165, 1.54) is 0 Å². The van der Waals surface area contributed by atoms with Gasteiger partial charge in [0.05, 0.1) is 4.90 Å². The van der Waals surface area contributed by atoms with Gasteiger partial charge in [-0.2, -0.15) is 13.2 Å². The molecule has 0 saturated heterocycles. The summed E-state index contributed by atoms with van der Waals surface area (Å²) in [5.74, 6) is -4.64. The smallest absolute Gasteiger partial charge is 0.501 e. The highest BCUT2D eigenvalue weighted by Gasteiger charge is 2.54. The Bertz CT molecular complexity index is 665. The van der Waals surface area contributed by atoms with E-state index in [1.54, 1.807) is 0 Å². The fourth-order valence-electron chi connectivity index (χ4n) is 2.02. The van der Waals surface area contributed by atoms with Gasteiger partial charge in [-0.1, -0.05) is 0 Å². The van der Waals surface area contributed by atoms with Gasteiger partial charge in [-0.15, -0.1) is 0 Å². The van der Waals surface area contributed by atoms with Crippen LogP contribution in [-0.2, 0) is 16.3 Å². The first-order valence-corrected chi connectivity index (χ1v) is 6.60. The minimum absolute atomic E-state index is 0.349. The van der Waals surface area contributed by atoms with E-state index in [2.05, 4.69) is 0 Å². The number of halogens is 5. The number of rotatable bonds is 1. The molecule has 20 heavy (non-hydrogen) atoms. The third-order valence-electron chi connectivity index (χ3n) is 2.97. The minimum atomic E-state index is -5.91. The summed E-state index contributed by atoms with van der Waals surface area (Å²) in [7, 11) is -5.91. The quantitative estimate of drug-likeness (QED) is 0.776. The Labute approximate surface area is 109 Å². The third-order valence-corrected chi connectivity index (χ3v) is 4.52. The van der Waals surface area contributed by atoms with Crippen LogP contribution in [0.1, 0.15) is 17.2 Å². The predicted molar refractivity (Wildman–Crippen MR) is 55.0 cm³/mol. The number of fused-ring (bicyclic) bond motifs is 1. The van der Waals surface area contributed by atoms with E-state index in [1.807, 2.05) is 0 Å². The zero-order valence-electron chi connectivity index (χ0n) is 9.45. The van der Waals surface area contributed by atoms with Gasteiger partial charge < -0.3 is 10.2 Å². The van der Waals surface area contributed by atoms with Crippen LogP contribution in [0, 0.1) is 0 Å². The van der Waals surface area contributed by atoms with Crippen LogP contribution < -0.4 is 0 Å². The van der Waals surface area contributed by atoms with Crippen molar-refractivity contribution in [1.29, 1.82) is 0 Å². The van der Waals surface area contributed by atoms with Gasteiger partial charge in [-0.3, -0.25) is 0 Å². The summed E-state index contributed by atoms with van der Waals surface area (Å²) in [6.07, 6.45) is -3.96. The number of hydrogen-bond donors (Lipinski definition) is 2. The minimum Gasteiger partial charge on any atom is -0.508 e. The Morgan fingerprint density at radius 1 is 1.25 bits per heavy atom. The van der Waals surface area contributed by atoms with Gasteiger partial charge >= 0.3 is 5.51 Å². The lowest BCUT2D eigenvalue weighted by Gasteiger charge is -2.16. The van der Waals surface area contributed by atoms with Gasteiger partial charge in [0, 0.05) is 17.5 Å². The summed E-state index contributed by atoms with van der Waals surface area (Å²) >= 11 is 0. The second kappa shape index (κ2) is 4.04. The number of phenols is 1. The normalized spacial score (nSPS) is 21.8. The Morgan fingerprint density at radius 3 is 2.30 bits per heavy atom. The van der Waals surface area contributed by atoms with E-state index in [0.29, 0.717) is 12.1 Å². The van der Waals surface area contributed by atoms with Gasteiger partial charge in [0.25, 0.3) is 15.8 Å². The largest absolute Gasteiger partial charge is 0.508 e. The Balaban J connectivity index is 2.77. The molecule has 1 aromatic rings. The van der Waals surface area contributed by atoms with E-state index in [9.17, 15) is 40.6 Å². The van der Waals surface area contributed by atoms with Crippen molar-refractivity contribution in [2.24, 2.45) is 0 Å². The standard InChI is InChI=1S/C10H7F5O4S/c11-9(12)3-4-5(16)1-2-6(7(4)8(9)17)20(18,19)10(13,14)15/h1-2,8,16-17H,3H2/t8-/m0/s1. The fourth-order valence-corrected chi connectivity index (χ4v) is 3.04. The van der Waals surface area contributed by atoms with Gasteiger partial charge in [-0.05, 0) is 12.1 Å². The summed E-state index contributed by atoms with van der Waals surface area (Å²) in [4.78, 5) is -1.47. The highest BCUT2D eigenvalue weighted by atomic mass is 32.2. The molecule has 1 aliphatic carbocycles. The molecule has 0 fully saturated rings. The first-order chi connectivity index (χ1) is 8.89. The first kappa shape index (κ1) is 15.0. The number of phenolic OH excluding ortho intramolecular Hbond substituents is 1. The maximum absolute atomic E-state index is 13.3. The molecule has 0 aliphatic heterocycles. The molecule has 4 nitrogen and oxygen atoms in total. The average molecular weight is 318 g/mol. The van der Waals surface area contributed by atoms with E-state index in [4.69, 9.17) is 0 Å². The van der Waals surface area contributed by atoms with Crippen molar-refractivity contribution >= 4 is 9.84 Å². The molecule has 0 heterocycles. The van der Waals surface area contributed by atoms with Crippen molar-refractivity contribution in [1.82, 2.24) is 0 Å². The van der Waals surface area contributed by atoms with Gasteiger partial charge in [0.1, 0.15) is 11.9 Å². The summed E-state index contributed by atoms with van der Waals surface area (Å²) in [6, 6.07) is 0.924. The van der Waals surface area contributed by atoms with Crippen molar-refractivity contribution in [3.05, 3.63) is 23.3 Å². The lowest BCUT2D eigenvalue weighted by atomic mass is 10.1. The number of alkyl halides is 5. The zero-order chi connectivity index (χ0) is 15.5. The monoisotopic (exact) mass is 318 g/mol. The van der Waals surface area contributed by atoms with Crippen molar-refractivity contribution in [3.63, 3.8) is 0 Å². The van der Waals surface area contributed by atoms with Crippen molar-refractivity contribution < 1.29 is 40.6 Å². The Kier molecular flexibility index (Phi) is 3.03. The molecule has 0 unspecified atom stereocenters. The first-order valence-electron chi connectivity index (χ1n) is 5.11. The average Bonchev–Trinajstić information content (AvgIpc) is 2.51. The summed E-state index contributed by atoms with van der Waals surface area (Å²) < 4.78 is 86.8. The van der Waals surface area contributed by atoms with Crippen molar-refractivity contribution in [2.75, 3.05) is 0 Å². The highest BCUT2D eigenvalue weighted by molar-refractivity contribution is 7.92. The molecule has 0 bridgehead atoms. The summed E-state index contributed by atoms with van der Waals surface area (Å²) in [6.45, 7) is 0. The number of benzene rings is 1. The van der Waals surface area contributed by atoms with Crippen LogP contribution in [0.5, 0.6) is 5.75 Å². The molecule has 112 valence electrons. The topological polar surface area (TPSA) is 74.6 Å². The number of aliphatic hydroxyl groups is 1. The molecule has 1 atom stereocenters. The molecule has 2 rings (SSSR count). The van der Waals surface area contributed by atoms with Gasteiger partial charge in [0.15, 0.2) is 0 Å². The van der Waals surface area contributed by atoms with Crippen molar-refractivity contribution in [2.45, 2.75) is 28.9 Å². The molecule has 0 saturated carbocycles. The lowest BCUT2D eigenvalue weighted by Crippen LogP contribution is -2.26. The molecule has 0 radical (unpaired) electrons. The molecule has 1 aromatic carbocycles. The Morgan fingerprint density at radius 2 is 1.80 bits per heavy atom. The third kappa shape index (κ3) is 1.94. The molecular formula is C10H7F5O4S. The molecule has 0 amide bonds. The lowest BCUT2D eigenvalue weighted by molar-refractivity contribution is -0.0978.